The molecule has 0 aromatic carbocycles. The maximum absolute atomic E-state index is 13.7. The van der Waals surface area contributed by atoms with E-state index in [-0.39, 0.29) is 5.97 Å². The van der Waals surface area contributed by atoms with Gasteiger partial charge in [0.15, 0.2) is 0 Å². The van der Waals surface area contributed by atoms with Crippen molar-refractivity contribution in [3.8, 4) is 0 Å². The van der Waals surface area contributed by atoms with E-state index < -0.39 is 6.17 Å². The molecule has 1 atom stereocenters. The number of halogens is 1. The van der Waals surface area contributed by atoms with Crippen molar-refractivity contribution < 1.29 is 13.9 Å². The number of allylic oxidation sites excluding steroid dienone is 1. The first-order valence-corrected chi connectivity index (χ1v) is 8.11. The summed E-state index contributed by atoms with van der Waals surface area (Å²) in [7, 11) is 0. The second-order valence-corrected chi connectivity index (χ2v) is 5.41. The molecule has 1 unspecified atom stereocenters. The highest BCUT2D eigenvalue weighted by molar-refractivity contribution is 5.87. The van der Waals surface area contributed by atoms with Crippen LogP contribution in [0, 0.1) is 0 Å². The van der Waals surface area contributed by atoms with Crippen LogP contribution in [0.2, 0.25) is 0 Å². The second kappa shape index (κ2) is 13.1. The molecule has 0 fully saturated rings. The number of carbonyl (C=O) groups is 1. The molecule has 0 spiro atoms. The Morgan fingerprint density at radius 1 is 1.05 bits per heavy atom. The van der Waals surface area contributed by atoms with E-state index in [4.69, 9.17) is 4.74 Å². The van der Waals surface area contributed by atoms with Gasteiger partial charge < -0.3 is 4.74 Å². The summed E-state index contributed by atoms with van der Waals surface area (Å²) in [6.45, 7) is 6.33. The van der Waals surface area contributed by atoms with Crippen molar-refractivity contribution in [2.24, 2.45) is 0 Å². The molecule has 0 saturated heterocycles. The van der Waals surface area contributed by atoms with Gasteiger partial charge in [0.1, 0.15) is 6.17 Å². The number of hydrogen-bond donors (Lipinski definition) is 0. The van der Waals surface area contributed by atoms with Crippen LogP contribution in [0.1, 0.15) is 78.6 Å². The molecule has 118 valence electrons. The fourth-order valence-electron chi connectivity index (χ4n) is 2.00. The zero-order valence-corrected chi connectivity index (χ0v) is 13.4. The van der Waals surface area contributed by atoms with Gasteiger partial charge in [0, 0.05) is 5.57 Å². The molecule has 0 aliphatic heterocycles. The third kappa shape index (κ3) is 11.0. The number of esters is 1. The summed E-state index contributed by atoms with van der Waals surface area (Å²) in [5, 5.41) is 0. The summed E-state index contributed by atoms with van der Waals surface area (Å²) in [6, 6.07) is 0. The van der Waals surface area contributed by atoms with Crippen LogP contribution in [0.5, 0.6) is 0 Å². The molecule has 0 aromatic rings. The minimum atomic E-state index is -1.03. The summed E-state index contributed by atoms with van der Waals surface area (Å²) in [6.07, 6.45) is 9.46. The van der Waals surface area contributed by atoms with E-state index in [0.717, 1.165) is 32.1 Å². The lowest BCUT2D eigenvalue weighted by Crippen LogP contribution is -2.09. The van der Waals surface area contributed by atoms with Crippen molar-refractivity contribution in [3.63, 3.8) is 0 Å². The van der Waals surface area contributed by atoms with E-state index in [9.17, 15) is 9.18 Å². The van der Waals surface area contributed by atoms with E-state index in [2.05, 4.69) is 13.8 Å². The molecule has 0 amide bonds. The Bertz CT molecular complexity index is 274. The monoisotopic (exact) mass is 286 g/mol. The van der Waals surface area contributed by atoms with Crippen LogP contribution in [-0.4, -0.2) is 18.7 Å². The Morgan fingerprint density at radius 2 is 1.65 bits per heavy atom. The molecule has 0 saturated carbocycles. The first-order chi connectivity index (χ1) is 9.61. The van der Waals surface area contributed by atoms with Crippen molar-refractivity contribution in [1.29, 1.82) is 0 Å². The normalized spacial score (nSPS) is 13.3. The maximum atomic E-state index is 13.7. The van der Waals surface area contributed by atoms with Gasteiger partial charge in [0.25, 0.3) is 0 Å². The van der Waals surface area contributed by atoms with Crippen molar-refractivity contribution in [2.45, 2.75) is 84.7 Å². The average molecular weight is 286 g/mol. The molecule has 0 heterocycles. The summed E-state index contributed by atoms with van der Waals surface area (Å²) in [4.78, 5) is 11.6. The molecule has 20 heavy (non-hydrogen) atoms. The lowest BCUT2D eigenvalue weighted by molar-refractivity contribution is -0.139. The third-order valence-electron chi connectivity index (χ3n) is 3.32. The Balaban J connectivity index is 3.81. The number of alkyl halides is 1. The topological polar surface area (TPSA) is 26.3 Å². The second-order valence-electron chi connectivity index (χ2n) is 5.41. The van der Waals surface area contributed by atoms with Gasteiger partial charge in [-0.05, 0) is 25.8 Å². The maximum Gasteiger partial charge on any atom is 0.333 e. The van der Waals surface area contributed by atoms with Crippen molar-refractivity contribution >= 4 is 5.97 Å². The third-order valence-corrected chi connectivity index (χ3v) is 3.32. The van der Waals surface area contributed by atoms with Crippen LogP contribution in [0.25, 0.3) is 0 Å². The lowest BCUT2D eigenvalue weighted by Gasteiger charge is -2.07. The Kier molecular flexibility index (Phi) is 12.6. The molecule has 0 radical (unpaired) electrons. The average Bonchev–Trinajstić information content (AvgIpc) is 2.43. The van der Waals surface area contributed by atoms with Crippen LogP contribution in [0.4, 0.5) is 4.39 Å². The SMILES string of the molecule is CCCCCCCC(F)/C=C(\C)C(=O)OCCCCC. The predicted octanol–water partition coefficient (Wildman–Crippen LogP) is 5.36. The molecule has 0 rings (SSSR count). The number of hydrogen-bond acceptors (Lipinski definition) is 2. The van der Waals surface area contributed by atoms with Gasteiger partial charge in [-0.2, -0.15) is 0 Å². The quantitative estimate of drug-likeness (QED) is 0.274. The van der Waals surface area contributed by atoms with E-state index in [1.165, 1.54) is 25.3 Å². The summed E-state index contributed by atoms with van der Waals surface area (Å²) in [5.41, 5.74) is 0.391. The first kappa shape index (κ1) is 19.1. The number of ether oxygens (including phenoxy) is 1. The number of unbranched alkanes of at least 4 members (excludes halogenated alkanes) is 6. The Morgan fingerprint density at radius 3 is 2.30 bits per heavy atom. The van der Waals surface area contributed by atoms with Crippen molar-refractivity contribution in [2.75, 3.05) is 6.61 Å². The Labute approximate surface area is 123 Å². The van der Waals surface area contributed by atoms with Gasteiger partial charge >= 0.3 is 5.97 Å². The van der Waals surface area contributed by atoms with Gasteiger partial charge in [-0.1, -0.05) is 58.8 Å². The molecule has 0 bridgehead atoms. The summed E-state index contributed by atoms with van der Waals surface area (Å²) < 4.78 is 18.8. The smallest absolute Gasteiger partial charge is 0.333 e. The van der Waals surface area contributed by atoms with Crippen LogP contribution in [-0.2, 0) is 9.53 Å². The van der Waals surface area contributed by atoms with Crippen LogP contribution >= 0.6 is 0 Å². The lowest BCUT2D eigenvalue weighted by atomic mass is 10.1. The van der Waals surface area contributed by atoms with Crippen LogP contribution < -0.4 is 0 Å². The summed E-state index contributed by atoms with van der Waals surface area (Å²) >= 11 is 0. The minimum Gasteiger partial charge on any atom is -0.462 e. The van der Waals surface area contributed by atoms with Gasteiger partial charge in [0.2, 0.25) is 0 Å². The largest absolute Gasteiger partial charge is 0.462 e. The highest BCUT2D eigenvalue weighted by Gasteiger charge is 2.09. The van der Waals surface area contributed by atoms with E-state index in [0.29, 0.717) is 18.6 Å². The molecule has 0 aliphatic carbocycles. The van der Waals surface area contributed by atoms with Gasteiger partial charge in [-0.3, -0.25) is 0 Å². The van der Waals surface area contributed by atoms with Crippen LogP contribution in [0.15, 0.2) is 11.6 Å². The van der Waals surface area contributed by atoms with E-state index >= 15 is 0 Å². The van der Waals surface area contributed by atoms with E-state index in [1.54, 1.807) is 6.92 Å². The zero-order chi connectivity index (χ0) is 15.2. The standard InChI is InChI=1S/C17H31FO2/c1-4-6-8-9-10-12-16(18)14-15(3)17(19)20-13-11-7-5-2/h14,16H,4-13H2,1-3H3/b15-14+. The van der Waals surface area contributed by atoms with E-state index in [1.807, 2.05) is 0 Å². The fraction of sp³-hybridized carbons (Fsp3) is 0.824. The van der Waals surface area contributed by atoms with Gasteiger partial charge in [-0.25, -0.2) is 9.18 Å². The highest BCUT2D eigenvalue weighted by atomic mass is 19.1. The fourth-order valence-corrected chi connectivity index (χ4v) is 2.00. The molecular weight excluding hydrogens is 255 g/mol. The number of rotatable bonds is 12. The molecule has 2 nitrogen and oxygen atoms in total. The van der Waals surface area contributed by atoms with Gasteiger partial charge in [0.05, 0.1) is 6.61 Å². The predicted molar refractivity (Wildman–Crippen MR) is 82.5 cm³/mol. The molecule has 0 aliphatic rings. The van der Waals surface area contributed by atoms with Crippen LogP contribution in [0.3, 0.4) is 0 Å². The molecule has 0 N–H and O–H groups in total. The minimum absolute atomic E-state index is 0.380. The molecular formula is C17H31FO2. The summed E-state index contributed by atoms with van der Waals surface area (Å²) in [5.74, 6) is -0.380. The van der Waals surface area contributed by atoms with Crippen molar-refractivity contribution in [3.05, 3.63) is 11.6 Å². The molecule has 3 heteroatoms. The number of carbonyl (C=O) groups excluding carboxylic acids is 1. The zero-order valence-electron chi connectivity index (χ0n) is 13.4. The highest BCUT2D eigenvalue weighted by Crippen LogP contribution is 2.12. The first-order valence-electron chi connectivity index (χ1n) is 8.11. The Hall–Kier alpha value is -0.860. The molecule has 0 aromatic heterocycles. The van der Waals surface area contributed by atoms with Gasteiger partial charge in [-0.15, -0.1) is 0 Å². The van der Waals surface area contributed by atoms with Crippen molar-refractivity contribution in [1.82, 2.24) is 0 Å².